The summed E-state index contributed by atoms with van der Waals surface area (Å²) in [6.07, 6.45) is 0. The Bertz CT molecular complexity index is 1260. The van der Waals surface area contributed by atoms with E-state index in [0.717, 1.165) is 21.3 Å². The molecule has 0 spiro atoms. The Labute approximate surface area is 225 Å². The van der Waals surface area contributed by atoms with Crippen LogP contribution in [-0.2, 0) is 4.79 Å². The van der Waals surface area contributed by atoms with Crippen molar-refractivity contribution in [3.63, 3.8) is 0 Å². The zero-order chi connectivity index (χ0) is 25.9. The lowest BCUT2D eigenvalue weighted by Crippen LogP contribution is -2.49. The molecule has 2 amide bonds. The first-order valence-electron chi connectivity index (χ1n) is 11.8. The highest BCUT2D eigenvalue weighted by atomic mass is 79.9. The molecule has 4 rings (SSSR count). The first-order valence-corrected chi connectivity index (χ1v) is 13.0. The van der Waals surface area contributed by atoms with E-state index >= 15 is 0 Å². The van der Waals surface area contributed by atoms with Crippen LogP contribution in [0.4, 0.5) is 11.4 Å². The van der Waals surface area contributed by atoms with Crippen LogP contribution < -0.4 is 15.0 Å². The fraction of sp³-hybridized carbons (Fsp3) is 0.286. The topological polar surface area (TPSA) is 61.9 Å². The Morgan fingerprint density at radius 3 is 2.28 bits per heavy atom. The number of hydrogen-bond acceptors (Lipinski definition) is 4. The number of amides is 2. The highest BCUT2D eigenvalue weighted by Gasteiger charge is 2.30. The number of anilines is 2. The molecule has 1 aliphatic rings. The second-order valence-electron chi connectivity index (χ2n) is 9.28. The molecule has 0 aliphatic carbocycles. The molecule has 3 aromatic carbocycles. The minimum Gasteiger partial charge on any atom is -0.478 e. The number of ether oxygens (including phenoxy) is 1. The maximum absolute atomic E-state index is 12.9. The highest BCUT2D eigenvalue weighted by Crippen LogP contribution is 2.31. The van der Waals surface area contributed by atoms with Crippen LogP contribution in [0.3, 0.4) is 0 Å². The molecule has 0 atom stereocenters. The van der Waals surface area contributed by atoms with Crippen LogP contribution in [0.2, 0.25) is 5.02 Å². The second kappa shape index (κ2) is 10.9. The molecule has 3 aromatic rings. The van der Waals surface area contributed by atoms with Gasteiger partial charge in [-0.2, -0.15) is 0 Å². The first-order chi connectivity index (χ1) is 17.1. The number of rotatable bonds is 6. The molecule has 0 saturated carbocycles. The van der Waals surface area contributed by atoms with Crippen molar-refractivity contribution in [2.24, 2.45) is 0 Å². The summed E-state index contributed by atoms with van der Waals surface area (Å²) in [7, 11) is 0. The van der Waals surface area contributed by atoms with Crippen molar-refractivity contribution < 1.29 is 14.3 Å². The summed E-state index contributed by atoms with van der Waals surface area (Å²) < 4.78 is 6.84. The van der Waals surface area contributed by atoms with Crippen molar-refractivity contribution in [1.29, 1.82) is 0 Å². The monoisotopic (exact) mass is 569 g/mol. The minimum atomic E-state index is -1.08. The quantitative estimate of drug-likeness (QED) is 0.385. The maximum Gasteiger partial charge on any atom is 0.267 e. The summed E-state index contributed by atoms with van der Waals surface area (Å²) in [4.78, 5) is 29.9. The van der Waals surface area contributed by atoms with Crippen LogP contribution in [-0.4, -0.2) is 48.5 Å². The Balaban J connectivity index is 1.36. The van der Waals surface area contributed by atoms with E-state index in [1.807, 2.05) is 60.4 Å². The highest BCUT2D eigenvalue weighted by molar-refractivity contribution is 9.10. The molecule has 36 heavy (non-hydrogen) atoms. The number of piperazine rings is 1. The molecule has 0 bridgehead atoms. The predicted octanol–water partition coefficient (Wildman–Crippen LogP) is 6.17. The van der Waals surface area contributed by atoms with Gasteiger partial charge in [0.05, 0.1) is 10.7 Å². The van der Waals surface area contributed by atoms with Gasteiger partial charge in [0.1, 0.15) is 5.75 Å². The number of nitrogens with zero attached hydrogens (tertiary/aromatic N) is 2. The van der Waals surface area contributed by atoms with Crippen LogP contribution in [0.25, 0.3) is 0 Å². The minimum absolute atomic E-state index is 0.0601. The van der Waals surface area contributed by atoms with Gasteiger partial charge in [0.25, 0.3) is 11.8 Å². The Kier molecular flexibility index (Phi) is 7.91. The summed E-state index contributed by atoms with van der Waals surface area (Å²) in [5.74, 6) is 0.384. The van der Waals surface area contributed by atoms with E-state index in [1.165, 1.54) is 0 Å². The molecule has 1 aliphatic heterocycles. The Morgan fingerprint density at radius 1 is 0.972 bits per heavy atom. The van der Waals surface area contributed by atoms with E-state index in [4.69, 9.17) is 16.3 Å². The molecule has 1 N–H and O–H groups in total. The second-order valence-corrected chi connectivity index (χ2v) is 10.6. The molecule has 6 nitrogen and oxygen atoms in total. The molecule has 0 radical (unpaired) electrons. The number of carbonyl (C=O) groups excluding carboxylic acids is 2. The number of benzene rings is 3. The molecule has 1 fully saturated rings. The molecule has 0 aromatic heterocycles. The number of nitrogens with one attached hydrogen (secondary N) is 1. The summed E-state index contributed by atoms with van der Waals surface area (Å²) in [5.41, 5.74) is 2.11. The lowest BCUT2D eigenvalue weighted by Gasteiger charge is -2.36. The van der Waals surface area contributed by atoms with Gasteiger partial charge in [-0.05, 0) is 74.9 Å². The third-order valence-electron chi connectivity index (χ3n) is 6.22. The van der Waals surface area contributed by atoms with E-state index in [9.17, 15) is 9.59 Å². The van der Waals surface area contributed by atoms with Crippen molar-refractivity contribution >= 4 is 50.7 Å². The normalized spacial score (nSPS) is 13.9. The molecule has 188 valence electrons. The fourth-order valence-electron chi connectivity index (χ4n) is 4.10. The number of hydrogen-bond donors (Lipinski definition) is 1. The number of aryl methyl sites for hydroxylation is 1. The van der Waals surface area contributed by atoms with Crippen molar-refractivity contribution in [1.82, 2.24) is 4.90 Å². The lowest BCUT2D eigenvalue weighted by molar-refractivity contribution is -0.128. The van der Waals surface area contributed by atoms with Gasteiger partial charge in [0, 0.05) is 41.9 Å². The van der Waals surface area contributed by atoms with E-state index in [1.54, 1.807) is 32.0 Å². The first kappa shape index (κ1) is 26.0. The van der Waals surface area contributed by atoms with Gasteiger partial charge in [0.15, 0.2) is 5.60 Å². The van der Waals surface area contributed by atoms with Gasteiger partial charge in [-0.15, -0.1) is 0 Å². The maximum atomic E-state index is 12.9. The van der Waals surface area contributed by atoms with Gasteiger partial charge in [-0.3, -0.25) is 9.59 Å². The molecule has 0 unspecified atom stereocenters. The molecule has 1 heterocycles. The lowest BCUT2D eigenvalue weighted by atomic mass is 10.1. The van der Waals surface area contributed by atoms with Gasteiger partial charge in [-0.25, -0.2) is 0 Å². The molecular weight excluding hydrogens is 542 g/mol. The van der Waals surface area contributed by atoms with E-state index < -0.39 is 5.60 Å². The third kappa shape index (κ3) is 6.02. The standard InChI is InChI=1S/C28H29BrClN3O3/c1-19-6-4-5-7-23(19)26(34)33-16-14-32(15-17-33)25-13-10-21(18-24(25)30)31-27(35)28(2,3)36-22-11-8-20(29)9-12-22/h4-13,18H,14-17H2,1-3H3,(H,31,35). The molecular formula is C28H29BrClN3O3. The van der Waals surface area contributed by atoms with Crippen LogP contribution in [0.1, 0.15) is 29.8 Å². The van der Waals surface area contributed by atoms with E-state index in [2.05, 4.69) is 26.1 Å². The van der Waals surface area contributed by atoms with Crippen molar-refractivity contribution in [3.8, 4) is 5.75 Å². The van der Waals surface area contributed by atoms with Crippen LogP contribution in [0.15, 0.2) is 71.2 Å². The summed E-state index contributed by atoms with van der Waals surface area (Å²) in [6, 6.07) is 20.5. The third-order valence-corrected chi connectivity index (χ3v) is 7.05. The molecule has 8 heteroatoms. The summed E-state index contributed by atoms with van der Waals surface area (Å²) in [6.45, 7) is 7.98. The van der Waals surface area contributed by atoms with Crippen LogP contribution in [0.5, 0.6) is 5.75 Å². The summed E-state index contributed by atoms with van der Waals surface area (Å²) >= 11 is 10.0. The van der Waals surface area contributed by atoms with Gasteiger partial charge < -0.3 is 19.9 Å². The molecule has 1 saturated heterocycles. The van der Waals surface area contributed by atoms with Gasteiger partial charge in [-0.1, -0.05) is 45.7 Å². The van der Waals surface area contributed by atoms with Crippen molar-refractivity contribution in [3.05, 3.63) is 87.4 Å². The fourth-order valence-corrected chi connectivity index (χ4v) is 4.66. The zero-order valence-electron chi connectivity index (χ0n) is 20.6. The Hall–Kier alpha value is -3.03. The van der Waals surface area contributed by atoms with Gasteiger partial charge >= 0.3 is 0 Å². The number of carbonyl (C=O) groups is 2. The zero-order valence-corrected chi connectivity index (χ0v) is 22.9. The average Bonchev–Trinajstić information content (AvgIpc) is 2.85. The van der Waals surface area contributed by atoms with Crippen molar-refractivity contribution in [2.75, 3.05) is 36.4 Å². The predicted molar refractivity (Wildman–Crippen MR) is 148 cm³/mol. The summed E-state index contributed by atoms with van der Waals surface area (Å²) in [5, 5.41) is 3.44. The van der Waals surface area contributed by atoms with E-state index in [0.29, 0.717) is 42.6 Å². The smallest absolute Gasteiger partial charge is 0.267 e. The number of halogens is 2. The van der Waals surface area contributed by atoms with Crippen LogP contribution >= 0.6 is 27.5 Å². The van der Waals surface area contributed by atoms with Gasteiger partial charge in [0.2, 0.25) is 0 Å². The van der Waals surface area contributed by atoms with Crippen molar-refractivity contribution in [2.45, 2.75) is 26.4 Å². The SMILES string of the molecule is Cc1ccccc1C(=O)N1CCN(c2ccc(NC(=O)C(C)(C)Oc3ccc(Br)cc3)cc2Cl)CC1. The largest absolute Gasteiger partial charge is 0.478 e. The van der Waals surface area contributed by atoms with E-state index in [-0.39, 0.29) is 11.8 Å². The Morgan fingerprint density at radius 2 is 1.64 bits per heavy atom. The average molecular weight is 571 g/mol. The van der Waals surface area contributed by atoms with Crippen LogP contribution in [0, 0.1) is 6.92 Å².